The van der Waals surface area contributed by atoms with Crippen LogP contribution in [0.1, 0.15) is 37.9 Å². The van der Waals surface area contributed by atoms with Crippen LogP contribution >= 0.6 is 0 Å². The van der Waals surface area contributed by atoms with Gasteiger partial charge in [-0.2, -0.15) is 4.98 Å². The number of nitrogens with zero attached hydrogens (tertiary/aromatic N) is 4. The summed E-state index contributed by atoms with van der Waals surface area (Å²) in [5, 5.41) is 3.94. The van der Waals surface area contributed by atoms with Crippen molar-refractivity contribution in [2.45, 2.75) is 56.8 Å². The molecule has 8 nitrogen and oxygen atoms in total. The highest BCUT2D eigenvalue weighted by Gasteiger charge is 2.40. The monoisotopic (exact) mass is 385 g/mol. The number of para-hydroxylation sites is 1. The number of carbonyl (C=O) groups excluding carboxylic acids is 1. The molecule has 4 rings (SSSR count). The standard InChI is InChI=1S/C20H27N5O3/c1-24-13-6-5-7-14(24)11-15(10-13)25(20(21)26)17-9-4-3-8-16(17)19-22-18(12-27-2)23-28-19/h3-4,8-9,13-15H,5-7,10-12H2,1-2H3,(H2,21,26)/t13-,14+,15?. The van der Waals surface area contributed by atoms with Gasteiger partial charge in [0.15, 0.2) is 5.82 Å². The van der Waals surface area contributed by atoms with Gasteiger partial charge in [-0.1, -0.05) is 23.7 Å². The Morgan fingerprint density at radius 2 is 2.04 bits per heavy atom. The summed E-state index contributed by atoms with van der Waals surface area (Å²) in [7, 11) is 3.78. The van der Waals surface area contributed by atoms with E-state index in [1.807, 2.05) is 24.3 Å². The van der Waals surface area contributed by atoms with Crippen molar-refractivity contribution < 1.29 is 14.1 Å². The Balaban J connectivity index is 1.68. The van der Waals surface area contributed by atoms with Gasteiger partial charge in [0.05, 0.1) is 11.3 Å². The van der Waals surface area contributed by atoms with Crippen molar-refractivity contribution in [2.24, 2.45) is 5.73 Å². The van der Waals surface area contributed by atoms with Crippen LogP contribution in [0.4, 0.5) is 10.5 Å². The fourth-order valence-electron chi connectivity index (χ4n) is 4.71. The fourth-order valence-corrected chi connectivity index (χ4v) is 4.71. The molecular weight excluding hydrogens is 358 g/mol. The van der Waals surface area contributed by atoms with E-state index in [-0.39, 0.29) is 12.6 Å². The first kappa shape index (κ1) is 18.9. The van der Waals surface area contributed by atoms with Crippen LogP contribution in [0.3, 0.4) is 0 Å². The number of piperidine rings is 2. The minimum Gasteiger partial charge on any atom is -0.377 e. The molecule has 1 aromatic heterocycles. The molecule has 1 unspecified atom stereocenters. The van der Waals surface area contributed by atoms with Crippen LogP contribution in [-0.4, -0.2) is 53.4 Å². The number of carbonyl (C=O) groups is 1. The number of benzene rings is 1. The molecule has 1 aromatic carbocycles. The van der Waals surface area contributed by atoms with Crippen molar-refractivity contribution in [2.75, 3.05) is 19.1 Å². The Kier molecular flexibility index (Phi) is 5.32. The lowest BCUT2D eigenvalue weighted by molar-refractivity contribution is 0.0564. The van der Waals surface area contributed by atoms with E-state index in [0.717, 1.165) is 18.5 Å². The minimum atomic E-state index is -0.447. The first-order valence-electron chi connectivity index (χ1n) is 9.80. The number of amides is 2. The molecule has 0 spiro atoms. The van der Waals surface area contributed by atoms with Gasteiger partial charge in [0.1, 0.15) is 6.61 Å². The van der Waals surface area contributed by atoms with Crippen LogP contribution in [-0.2, 0) is 11.3 Å². The summed E-state index contributed by atoms with van der Waals surface area (Å²) in [5.74, 6) is 0.828. The Morgan fingerprint density at radius 3 is 2.71 bits per heavy atom. The number of methoxy groups -OCH3 is 1. The quantitative estimate of drug-likeness (QED) is 0.850. The summed E-state index contributed by atoms with van der Waals surface area (Å²) in [4.78, 5) is 21.1. The zero-order valence-electron chi connectivity index (χ0n) is 16.4. The lowest BCUT2D eigenvalue weighted by Gasteiger charge is -2.49. The number of aromatic nitrogens is 2. The molecule has 0 radical (unpaired) electrons. The molecule has 3 atom stereocenters. The topological polar surface area (TPSA) is 97.7 Å². The van der Waals surface area contributed by atoms with Gasteiger partial charge in [-0.15, -0.1) is 0 Å². The van der Waals surface area contributed by atoms with Crippen LogP contribution in [0.5, 0.6) is 0 Å². The van der Waals surface area contributed by atoms with Gasteiger partial charge in [-0.25, -0.2) is 4.79 Å². The van der Waals surface area contributed by atoms with E-state index in [2.05, 4.69) is 22.1 Å². The minimum absolute atomic E-state index is 0.0616. The predicted molar refractivity (Wildman–Crippen MR) is 105 cm³/mol. The summed E-state index contributed by atoms with van der Waals surface area (Å²) in [6, 6.07) is 8.16. The highest BCUT2D eigenvalue weighted by atomic mass is 16.5. The number of urea groups is 1. The van der Waals surface area contributed by atoms with Crippen molar-refractivity contribution in [1.82, 2.24) is 15.0 Å². The molecule has 2 N–H and O–H groups in total. The summed E-state index contributed by atoms with van der Waals surface area (Å²) in [6.07, 6.45) is 5.43. The van der Waals surface area contributed by atoms with Crippen LogP contribution < -0.4 is 10.6 Å². The van der Waals surface area contributed by atoms with E-state index in [1.165, 1.54) is 19.3 Å². The largest absolute Gasteiger partial charge is 0.377 e. The first-order valence-corrected chi connectivity index (χ1v) is 9.80. The lowest BCUT2D eigenvalue weighted by Crippen LogP contribution is -2.57. The second-order valence-corrected chi connectivity index (χ2v) is 7.70. The van der Waals surface area contributed by atoms with E-state index >= 15 is 0 Å². The summed E-state index contributed by atoms with van der Waals surface area (Å²) in [5.41, 5.74) is 7.30. The number of hydrogen-bond donors (Lipinski definition) is 1. The number of nitrogens with two attached hydrogens (primary N) is 1. The predicted octanol–water partition coefficient (Wildman–Crippen LogP) is 2.78. The number of primary amides is 1. The third-order valence-corrected chi connectivity index (χ3v) is 6.05. The smallest absolute Gasteiger partial charge is 0.319 e. The molecular formula is C20H27N5O3. The molecule has 2 aromatic rings. The third kappa shape index (κ3) is 3.49. The van der Waals surface area contributed by atoms with Crippen LogP contribution in [0, 0.1) is 0 Å². The highest BCUT2D eigenvalue weighted by Crippen LogP contribution is 2.38. The summed E-state index contributed by atoms with van der Waals surface area (Å²) >= 11 is 0. The lowest BCUT2D eigenvalue weighted by atomic mass is 9.81. The van der Waals surface area contributed by atoms with E-state index in [9.17, 15) is 4.79 Å². The molecule has 2 saturated heterocycles. The molecule has 0 aliphatic carbocycles. The molecule has 3 heterocycles. The van der Waals surface area contributed by atoms with E-state index in [4.69, 9.17) is 15.0 Å². The van der Waals surface area contributed by atoms with Crippen molar-refractivity contribution in [3.8, 4) is 11.5 Å². The molecule has 2 fully saturated rings. The van der Waals surface area contributed by atoms with Gasteiger partial charge in [0.25, 0.3) is 5.89 Å². The maximum absolute atomic E-state index is 12.5. The maximum Gasteiger partial charge on any atom is 0.319 e. The number of fused-ring (bicyclic) bond motifs is 2. The Bertz CT molecular complexity index is 825. The van der Waals surface area contributed by atoms with Crippen LogP contribution in [0.25, 0.3) is 11.5 Å². The Morgan fingerprint density at radius 1 is 1.32 bits per heavy atom. The van der Waals surface area contributed by atoms with Crippen molar-refractivity contribution >= 4 is 11.7 Å². The van der Waals surface area contributed by atoms with Gasteiger partial charge in [0.2, 0.25) is 0 Å². The number of ether oxygens (including phenoxy) is 1. The number of hydrogen-bond acceptors (Lipinski definition) is 6. The highest BCUT2D eigenvalue weighted by molar-refractivity contribution is 5.95. The van der Waals surface area contributed by atoms with Crippen LogP contribution in [0.2, 0.25) is 0 Å². The number of anilines is 1. The van der Waals surface area contributed by atoms with Gasteiger partial charge in [-0.05, 0) is 44.9 Å². The third-order valence-electron chi connectivity index (χ3n) is 6.05. The molecule has 28 heavy (non-hydrogen) atoms. The van der Waals surface area contributed by atoms with Gasteiger partial charge < -0.3 is 19.9 Å². The summed E-state index contributed by atoms with van der Waals surface area (Å²) < 4.78 is 10.5. The second kappa shape index (κ2) is 7.89. The molecule has 2 aliphatic rings. The van der Waals surface area contributed by atoms with Gasteiger partial charge >= 0.3 is 6.03 Å². The maximum atomic E-state index is 12.5. The molecule has 8 heteroatoms. The van der Waals surface area contributed by atoms with Gasteiger partial charge in [0, 0.05) is 25.2 Å². The molecule has 2 bridgehead atoms. The average molecular weight is 385 g/mol. The first-order chi connectivity index (χ1) is 13.6. The van der Waals surface area contributed by atoms with Gasteiger partial charge in [-0.3, -0.25) is 4.90 Å². The fraction of sp³-hybridized carbons (Fsp3) is 0.550. The number of rotatable bonds is 5. The van der Waals surface area contributed by atoms with E-state index in [0.29, 0.717) is 29.4 Å². The van der Waals surface area contributed by atoms with E-state index < -0.39 is 6.03 Å². The molecule has 150 valence electrons. The normalized spacial score (nSPS) is 24.9. The zero-order valence-corrected chi connectivity index (χ0v) is 16.4. The molecule has 2 aliphatic heterocycles. The summed E-state index contributed by atoms with van der Waals surface area (Å²) in [6.45, 7) is 0.267. The van der Waals surface area contributed by atoms with Crippen molar-refractivity contribution in [3.05, 3.63) is 30.1 Å². The van der Waals surface area contributed by atoms with Crippen molar-refractivity contribution in [3.63, 3.8) is 0 Å². The van der Waals surface area contributed by atoms with E-state index in [1.54, 1.807) is 12.0 Å². The Hall–Kier alpha value is -2.45. The second-order valence-electron chi connectivity index (χ2n) is 7.70. The average Bonchev–Trinajstić information content (AvgIpc) is 3.11. The Labute approximate surface area is 164 Å². The van der Waals surface area contributed by atoms with Crippen molar-refractivity contribution in [1.29, 1.82) is 0 Å². The van der Waals surface area contributed by atoms with Crippen LogP contribution in [0.15, 0.2) is 28.8 Å². The molecule has 2 amide bonds. The SMILES string of the molecule is COCc1noc(-c2ccccc2N(C(N)=O)C2C[C@H]3CCC[C@@H](C2)N3C)n1. The zero-order chi connectivity index (χ0) is 19.7. The molecule has 0 saturated carbocycles.